The van der Waals surface area contributed by atoms with E-state index in [9.17, 15) is 14.3 Å². The molecule has 5 heteroatoms. The predicted octanol–water partition coefficient (Wildman–Crippen LogP) is 3.11. The highest BCUT2D eigenvalue weighted by Gasteiger charge is 2.11. The van der Waals surface area contributed by atoms with Gasteiger partial charge in [0.2, 0.25) is 0 Å². The van der Waals surface area contributed by atoms with Crippen molar-refractivity contribution in [1.29, 1.82) is 0 Å². The van der Waals surface area contributed by atoms with Crippen LogP contribution in [0.3, 0.4) is 0 Å². The molecule has 0 aromatic heterocycles. The van der Waals surface area contributed by atoms with Gasteiger partial charge in [0.15, 0.2) is 0 Å². The molecule has 0 aliphatic carbocycles. The van der Waals surface area contributed by atoms with Crippen molar-refractivity contribution in [3.8, 4) is 5.75 Å². The van der Waals surface area contributed by atoms with E-state index >= 15 is 0 Å². The monoisotopic (exact) mass is 279 g/mol. The van der Waals surface area contributed by atoms with Gasteiger partial charge in [-0.2, -0.15) is 0 Å². The van der Waals surface area contributed by atoms with Gasteiger partial charge in [-0.3, -0.25) is 4.79 Å². The minimum absolute atomic E-state index is 0.0889. The zero-order valence-electron chi connectivity index (χ0n) is 9.86. The van der Waals surface area contributed by atoms with Crippen LogP contribution in [0.5, 0.6) is 5.75 Å². The number of nitrogens with one attached hydrogen (secondary N) is 1. The molecule has 2 aromatic rings. The third-order valence-corrected chi connectivity index (χ3v) is 2.82. The summed E-state index contributed by atoms with van der Waals surface area (Å²) in [5.74, 6) is -1.36. The summed E-state index contributed by atoms with van der Waals surface area (Å²) in [4.78, 5) is 11.8. The number of benzene rings is 2. The zero-order chi connectivity index (χ0) is 13.8. The molecule has 0 heterocycles. The summed E-state index contributed by atoms with van der Waals surface area (Å²) >= 11 is 5.75. The molecule has 0 saturated carbocycles. The Morgan fingerprint density at radius 3 is 2.58 bits per heavy atom. The van der Waals surface area contributed by atoms with E-state index in [0.717, 1.165) is 23.8 Å². The normalized spacial score (nSPS) is 10.2. The van der Waals surface area contributed by atoms with Crippen LogP contribution in [0, 0.1) is 5.82 Å². The largest absolute Gasteiger partial charge is 0.507 e. The van der Waals surface area contributed by atoms with Crippen molar-refractivity contribution in [2.45, 2.75) is 6.54 Å². The van der Waals surface area contributed by atoms with Crippen molar-refractivity contribution in [2.75, 3.05) is 0 Å². The van der Waals surface area contributed by atoms with E-state index in [2.05, 4.69) is 5.32 Å². The van der Waals surface area contributed by atoms with E-state index in [-0.39, 0.29) is 17.9 Å². The van der Waals surface area contributed by atoms with Crippen LogP contribution in [0.2, 0.25) is 5.02 Å². The van der Waals surface area contributed by atoms with Crippen LogP contribution in [0.25, 0.3) is 0 Å². The fraction of sp³-hybridized carbons (Fsp3) is 0.0714. The van der Waals surface area contributed by atoms with Gasteiger partial charge >= 0.3 is 0 Å². The van der Waals surface area contributed by atoms with E-state index in [1.165, 1.54) is 0 Å². The van der Waals surface area contributed by atoms with Gasteiger partial charge in [0, 0.05) is 11.6 Å². The molecule has 0 aliphatic rings. The van der Waals surface area contributed by atoms with Crippen LogP contribution in [-0.4, -0.2) is 11.0 Å². The maximum absolute atomic E-state index is 13.0. The minimum atomic E-state index is -0.575. The van der Waals surface area contributed by atoms with E-state index in [0.29, 0.717) is 5.02 Å². The van der Waals surface area contributed by atoms with Gasteiger partial charge in [-0.1, -0.05) is 23.7 Å². The Kier molecular flexibility index (Phi) is 4.02. The van der Waals surface area contributed by atoms with Gasteiger partial charge in [0.1, 0.15) is 11.6 Å². The molecule has 0 unspecified atom stereocenters. The number of carbonyl (C=O) groups is 1. The summed E-state index contributed by atoms with van der Waals surface area (Å²) in [6.07, 6.45) is 0. The first-order chi connectivity index (χ1) is 9.06. The molecule has 0 saturated heterocycles. The number of phenolic OH excluding ortho intramolecular Hbond substituents is 1. The lowest BCUT2D eigenvalue weighted by Crippen LogP contribution is -2.23. The molecule has 1 amide bonds. The number of halogens is 2. The van der Waals surface area contributed by atoms with Gasteiger partial charge in [-0.25, -0.2) is 4.39 Å². The Hall–Kier alpha value is -2.07. The molecule has 98 valence electrons. The number of carbonyl (C=O) groups excluding carboxylic acids is 1. The maximum atomic E-state index is 13.0. The van der Waals surface area contributed by atoms with Gasteiger partial charge < -0.3 is 10.4 Å². The number of phenols is 1. The average Bonchev–Trinajstić information content (AvgIpc) is 2.40. The summed E-state index contributed by atoms with van der Waals surface area (Å²) in [5.41, 5.74) is 0.766. The summed E-state index contributed by atoms with van der Waals surface area (Å²) in [6, 6.07) is 10.2. The van der Waals surface area contributed by atoms with E-state index in [1.807, 2.05) is 0 Å². The molecule has 3 nitrogen and oxygen atoms in total. The highest BCUT2D eigenvalue weighted by Crippen LogP contribution is 2.17. The molecular formula is C14H11ClFNO2. The highest BCUT2D eigenvalue weighted by molar-refractivity contribution is 6.30. The quantitative estimate of drug-likeness (QED) is 0.907. The van der Waals surface area contributed by atoms with E-state index in [4.69, 9.17) is 11.6 Å². The third kappa shape index (κ3) is 3.45. The van der Waals surface area contributed by atoms with Crippen molar-refractivity contribution in [3.05, 3.63) is 64.4 Å². The first-order valence-corrected chi connectivity index (χ1v) is 5.95. The molecule has 2 rings (SSSR count). The maximum Gasteiger partial charge on any atom is 0.255 e. The highest BCUT2D eigenvalue weighted by atomic mass is 35.5. The second kappa shape index (κ2) is 5.71. The Labute approximate surface area is 114 Å². The number of aromatic hydroxyl groups is 1. The Morgan fingerprint density at radius 2 is 1.89 bits per heavy atom. The summed E-state index contributed by atoms with van der Waals surface area (Å²) in [6.45, 7) is 0.270. The minimum Gasteiger partial charge on any atom is -0.507 e. The van der Waals surface area contributed by atoms with Crippen LogP contribution < -0.4 is 5.32 Å². The third-order valence-electron chi connectivity index (χ3n) is 2.57. The smallest absolute Gasteiger partial charge is 0.255 e. The SMILES string of the molecule is O=C(NCc1ccc(Cl)cc1)c1cc(F)ccc1O. The molecule has 0 atom stereocenters. The van der Waals surface area contributed by atoms with Gasteiger partial charge in [0.05, 0.1) is 5.56 Å². The first kappa shape index (κ1) is 13.4. The molecule has 0 radical (unpaired) electrons. The second-order valence-electron chi connectivity index (χ2n) is 3.97. The fourth-order valence-corrected chi connectivity index (χ4v) is 1.70. The molecule has 19 heavy (non-hydrogen) atoms. The van der Waals surface area contributed by atoms with Crippen LogP contribution in [0.4, 0.5) is 4.39 Å². The van der Waals surface area contributed by atoms with E-state index < -0.39 is 11.7 Å². The van der Waals surface area contributed by atoms with Crippen LogP contribution in [-0.2, 0) is 6.54 Å². The number of hydrogen-bond acceptors (Lipinski definition) is 2. The molecule has 0 spiro atoms. The summed E-state index contributed by atoms with van der Waals surface area (Å²) < 4.78 is 13.0. The molecular weight excluding hydrogens is 269 g/mol. The lowest BCUT2D eigenvalue weighted by molar-refractivity contribution is 0.0947. The van der Waals surface area contributed by atoms with Crippen molar-refractivity contribution >= 4 is 17.5 Å². The predicted molar refractivity (Wildman–Crippen MR) is 70.7 cm³/mol. The molecule has 2 aromatic carbocycles. The molecule has 0 bridgehead atoms. The Bertz CT molecular complexity index is 599. The van der Waals surface area contributed by atoms with Crippen LogP contribution in [0.15, 0.2) is 42.5 Å². The number of amides is 1. The van der Waals surface area contributed by atoms with Crippen molar-refractivity contribution in [1.82, 2.24) is 5.32 Å². The summed E-state index contributed by atoms with van der Waals surface area (Å²) in [7, 11) is 0. The van der Waals surface area contributed by atoms with Crippen molar-refractivity contribution in [2.24, 2.45) is 0 Å². The molecule has 0 aliphatic heterocycles. The van der Waals surface area contributed by atoms with Crippen LogP contribution >= 0.6 is 11.6 Å². The topological polar surface area (TPSA) is 49.3 Å². The standard InChI is InChI=1S/C14H11ClFNO2/c15-10-3-1-9(2-4-10)8-17-14(19)12-7-11(16)5-6-13(12)18/h1-7,18H,8H2,(H,17,19). The number of hydrogen-bond donors (Lipinski definition) is 2. The van der Waals surface area contributed by atoms with Crippen molar-refractivity contribution in [3.63, 3.8) is 0 Å². The van der Waals surface area contributed by atoms with Gasteiger partial charge in [-0.15, -0.1) is 0 Å². The molecule has 0 fully saturated rings. The van der Waals surface area contributed by atoms with Gasteiger partial charge in [-0.05, 0) is 35.9 Å². The average molecular weight is 280 g/mol. The molecule has 2 N–H and O–H groups in total. The lowest BCUT2D eigenvalue weighted by Gasteiger charge is -2.07. The lowest BCUT2D eigenvalue weighted by atomic mass is 10.1. The first-order valence-electron chi connectivity index (χ1n) is 5.57. The zero-order valence-corrected chi connectivity index (χ0v) is 10.6. The fourth-order valence-electron chi connectivity index (χ4n) is 1.57. The second-order valence-corrected chi connectivity index (χ2v) is 4.41. The summed E-state index contributed by atoms with van der Waals surface area (Å²) in [5, 5.41) is 12.7. The Morgan fingerprint density at radius 1 is 1.21 bits per heavy atom. The Balaban J connectivity index is 2.05. The van der Waals surface area contributed by atoms with Crippen LogP contribution in [0.1, 0.15) is 15.9 Å². The van der Waals surface area contributed by atoms with Gasteiger partial charge in [0.25, 0.3) is 5.91 Å². The number of rotatable bonds is 3. The van der Waals surface area contributed by atoms with E-state index in [1.54, 1.807) is 24.3 Å². The van der Waals surface area contributed by atoms with Crippen molar-refractivity contribution < 1.29 is 14.3 Å².